The third kappa shape index (κ3) is 5.32. The van der Waals surface area contributed by atoms with Gasteiger partial charge in [0.2, 0.25) is 0 Å². The number of carbonyl (C=O) groups excluding carboxylic acids is 2. The Bertz CT molecular complexity index is 979. The number of nitrogen functional groups attached to an aromatic ring is 1. The Morgan fingerprint density at radius 3 is 1.81 bits per heavy atom. The summed E-state index contributed by atoms with van der Waals surface area (Å²) < 4.78 is 11.2. The van der Waals surface area contributed by atoms with Crippen molar-refractivity contribution in [1.82, 2.24) is 0 Å². The van der Waals surface area contributed by atoms with Crippen molar-refractivity contribution in [3.05, 3.63) is 53.6 Å². The molecule has 2 aromatic rings. The zero-order valence-corrected chi connectivity index (χ0v) is 20.1. The van der Waals surface area contributed by atoms with Crippen LogP contribution < -0.4 is 5.73 Å². The van der Waals surface area contributed by atoms with Gasteiger partial charge in [0.25, 0.3) is 0 Å². The van der Waals surface area contributed by atoms with Crippen molar-refractivity contribution in [3.63, 3.8) is 0 Å². The van der Waals surface area contributed by atoms with Crippen molar-refractivity contribution in [2.75, 3.05) is 5.73 Å². The molecule has 0 unspecified atom stereocenters. The van der Waals surface area contributed by atoms with Crippen LogP contribution in [-0.4, -0.2) is 23.1 Å². The van der Waals surface area contributed by atoms with E-state index in [1.165, 1.54) is 0 Å². The molecule has 0 heterocycles. The van der Waals surface area contributed by atoms with Crippen LogP contribution in [0.25, 0.3) is 11.1 Å². The molecule has 0 fully saturated rings. The number of ether oxygens (including phenoxy) is 2. The number of carbonyl (C=O) groups is 2. The van der Waals surface area contributed by atoms with Gasteiger partial charge in [-0.2, -0.15) is 0 Å². The first-order chi connectivity index (χ1) is 14.8. The zero-order valence-electron chi connectivity index (χ0n) is 20.1. The number of hydrogen-bond donors (Lipinski definition) is 1. The van der Waals surface area contributed by atoms with Crippen LogP contribution in [0.15, 0.2) is 42.5 Å². The van der Waals surface area contributed by atoms with Crippen LogP contribution in [0.4, 0.5) is 5.69 Å². The lowest BCUT2D eigenvalue weighted by Gasteiger charge is -2.33. The van der Waals surface area contributed by atoms with Crippen LogP contribution in [0.2, 0.25) is 0 Å². The summed E-state index contributed by atoms with van der Waals surface area (Å²) in [5.74, 6) is -0.493. The van der Waals surface area contributed by atoms with Gasteiger partial charge < -0.3 is 15.2 Å². The van der Waals surface area contributed by atoms with Gasteiger partial charge in [-0.1, -0.05) is 30.3 Å². The third-order valence-corrected chi connectivity index (χ3v) is 5.64. The molecule has 0 saturated carbocycles. The maximum atomic E-state index is 12.6. The highest BCUT2D eigenvalue weighted by atomic mass is 16.6. The summed E-state index contributed by atoms with van der Waals surface area (Å²) in [7, 11) is 0. The monoisotopic (exact) mass is 437 g/mol. The molecule has 0 amide bonds. The van der Waals surface area contributed by atoms with Crippen molar-refractivity contribution in [2.24, 2.45) is 0 Å². The Hall–Kier alpha value is -2.82. The summed E-state index contributed by atoms with van der Waals surface area (Å²) in [6.45, 7) is 11.2. The van der Waals surface area contributed by atoms with Gasteiger partial charge in [0.1, 0.15) is 11.2 Å². The Balaban J connectivity index is 2.00. The number of benzene rings is 2. The molecule has 5 heteroatoms. The van der Waals surface area contributed by atoms with Crippen molar-refractivity contribution < 1.29 is 19.1 Å². The molecule has 0 spiro atoms. The summed E-state index contributed by atoms with van der Waals surface area (Å²) in [5.41, 5.74) is 9.64. The van der Waals surface area contributed by atoms with Gasteiger partial charge >= 0.3 is 11.9 Å². The second-order valence-electron chi connectivity index (χ2n) is 10.6. The van der Waals surface area contributed by atoms with E-state index in [1.807, 2.05) is 71.9 Å². The summed E-state index contributed by atoms with van der Waals surface area (Å²) in [5, 5.41) is 0. The Morgan fingerprint density at radius 1 is 0.781 bits per heavy atom. The van der Waals surface area contributed by atoms with E-state index in [9.17, 15) is 9.59 Å². The smallest absolute Gasteiger partial charge is 0.306 e. The van der Waals surface area contributed by atoms with E-state index in [0.29, 0.717) is 18.5 Å². The summed E-state index contributed by atoms with van der Waals surface area (Å²) in [6, 6.07) is 14.1. The van der Waals surface area contributed by atoms with Crippen LogP contribution in [0, 0.1) is 0 Å². The molecule has 0 saturated heterocycles. The summed E-state index contributed by atoms with van der Waals surface area (Å²) in [6.07, 6.45) is 1.54. The van der Waals surface area contributed by atoms with E-state index in [4.69, 9.17) is 15.2 Å². The van der Waals surface area contributed by atoms with E-state index >= 15 is 0 Å². The number of nitrogens with two attached hydrogens (primary N) is 1. The molecule has 0 aromatic heterocycles. The highest BCUT2D eigenvalue weighted by Gasteiger charge is 2.43. The standard InChI is InChI=1S/C27H35NO4/c1-25(2,3)31-23(29)13-15-27(16-14-24(30)32-26(4,5)6)21-10-8-7-9-19(21)20-12-11-18(28)17-22(20)27/h7-12,17H,13-16,28H2,1-6H3. The van der Waals surface area contributed by atoms with Gasteiger partial charge in [-0.15, -0.1) is 0 Å². The molecule has 0 aliphatic heterocycles. The lowest BCUT2D eigenvalue weighted by Crippen LogP contribution is -2.31. The highest BCUT2D eigenvalue weighted by molar-refractivity contribution is 5.83. The second-order valence-corrected chi connectivity index (χ2v) is 10.6. The van der Waals surface area contributed by atoms with Gasteiger partial charge in [0.05, 0.1) is 0 Å². The molecule has 5 nitrogen and oxygen atoms in total. The number of fused-ring (bicyclic) bond motifs is 3. The molecule has 2 aromatic carbocycles. The predicted molar refractivity (Wildman–Crippen MR) is 127 cm³/mol. The number of hydrogen-bond acceptors (Lipinski definition) is 5. The van der Waals surface area contributed by atoms with E-state index in [1.54, 1.807) is 0 Å². The van der Waals surface area contributed by atoms with E-state index in [2.05, 4.69) is 12.1 Å². The van der Waals surface area contributed by atoms with Crippen LogP contribution in [0.1, 0.15) is 78.4 Å². The van der Waals surface area contributed by atoms with Crippen LogP contribution in [0.3, 0.4) is 0 Å². The average Bonchev–Trinajstić information content (AvgIpc) is 2.92. The molecule has 2 N–H and O–H groups in total. The first-order valence-corrected chi connectivity index (χ1v) is 11.2. The molecule has 1 aliphatic rings. The fourth-order valence-electron chi connectivity index (χ4n) is 4.55. The Morgan fingerprint density at radius 2 is 1.28 bits per heavy atom. The average molecular weight is 438 g/mol. The van der Waals surface area contributed by atoms with E-state index in [0.717, 1.165) is 22.3 Å². The summed E-state index contributed by atoms with van der Waals surface area (Å²) in [4.78, 5) is 25.3. The Kier molecular flexibility index (Phi) is 6.41. The van der Waals surface area contributed by atoms with Crippen molar-refractivity contribution >= 4 is 17.6 Å². The maximum absolute atomic E-state index is 12.6. The molecule has 0 bridgehead atoms. The normalized spacial score (nSPS) is 14.4. The molecule has 32 heavy (non-hydrogen) atoms. The quantitative estimate of drug-likeness (QED) is 0.458. The molecule has 1 aliphatic carbocycles. The fourth-order valence-corrected chi connectivity index (χ4v) is 4.55. The zero-order chi connectivity index (χ0) is 23.7. The number of esters is 2. The lowest BCUT2D eigenvalue weighted by molar-refractivity contribution is -0.155. The van der Waals surface area contributed by atoms with Crippen molar-refractivity contribution in [1.29, 1.82) is 0 Å². The minimum absolute atomic E-state index is 0.244. The first-order valence-electron chi connectivity index (χ1n) is 11.2. The van der Waals surface area contributed by atoms with Gasteiger partial charge in [-0.25, -0.2) is 0 Å². The second kappa shape index (κ2) is 8.61. The fraction of sp³-hybridized carbons (Fsp3) is 0.481. The lowest BCUT2D eigenvalue weighted by atomic mass is 9.71. The molecule has 0 atom stereocenters. The van der Waals surface area contributed by atoms with Crippen LogP contribution in [0.5, 0.6) is 0 Å². The topological polar surface area (TPSA) is 78.6 Å². The van der Waals surface area contributed by atoms with Crippen LogP contribution in [-0.2, 0) is 24.5 Å². The van der Waals surface area contributed by atoms with Crippen molar-refractivity contribution in [3.8, 4) is 11.1 Å². The summed E-state index contributed by atoms with van der Waals surface area (Å²) >= 11 is 0. The minimum atomic E-state index is -0.545. The number of anilines is 1. The maximum Gasteiger partial charge on any atom is 0.306 e. The SMILES string of the molecule is CC(C)(C)OC(=O)CCC1(CCC(=O)OC(C)(C)C)c2ccccc2-c2ccc(N)cc21. The first kappa shape index (κ1) is 23.8. The van der Waals surface area contributed by atoms with Gasteiger partial charge in [-0.3, -0.25) is 9.59 Å². The molecule has 0 radical (unpaired) electrons. The molecule has 3 rings (SSSR count). The van der Waals surface area contributed by atoms with Crippen molar-refractivity contribution in [2.45, 2.75) is 83.8 Å². The van der Waals surface area contributed by atoms with Gasteiger partial charge in [0.15, 0.2) is 0 Å². The largest absolute Gasteiger partial charge is 0.460 e. The Labute approximate surface area is 191 Å². The minimum Gasteiger partial charge on any atom is -0.460 e. The third-order valence-electron chi connectivity index (χ3n) is 5.64. The molecule has 172 valence electrons. The van der Waals surface area contributed by atoms with E-state index in [-0.39, 0.29) is 24.8 Å². The number of rotatable bonds is 6. The van der Waals surface area contributed by atoms with Crippen LogP contribution >= 0.6 is 0 Å². The van der Waals surface area contributed by atoms with Gasteiger partial charge in [-0.05, 0) is 88.8 Å². The molecular formula is C27H35NO4. The predicted octanol–water partition coefficient (Wildman–Crippen LogP) is 5.78. The highest BCUT2D eigenvalue weighted by Crippen LogP contribution is 2.54. The van der Waals surface area contributed by atoms with Gasteiger partial charge in [0, 0.05) is 23.9 Å². The molecular weight excluding hydrogens is 402 g/mol. The van der Waals surface area contributed by atoms with E-state index < -0.39 is 16.6 Å².